The van der Waals surface area contributed by atoms with Crippen LogP contribution in [0.1, 0.15) is 17.9 Å². The van der Waals surface area contributed by atoms with Gasteiger partial charge >= 0.3 is 0 Å². The molecule has 1 aliphatic heterocycles. The first-order valence-electron chi connectivity index (χ1n) is 7.76. The van der Waals surface area contributed by atoms with Gasteiger partial charge < -0.3 is 14.6 Å². The summed E-state index contributed by atoms with van der Waals surface area (Å²) in [4.78, 5) is 8.23. The van der Waals surface area contributed by atoms with Gasteiger partial charge in [0.05, 0.1) is 12.2 Å². The molecule has 9 heteroatoms. The number of sulfonamides is 1. The maximum Gasteiger partial charge on any atom is 0.259 e. The molecule has 1 saturated heterocycles. The van der Waals surface area contributed by atoms with Crippen molar-refractivity contribution < 1.29 is 13.2 Å². The predicted molar refractivity (Wildman–Crippen MR) is 88.1 cm³/mol. The van der Waals surface area contributed by atoms with Crippen molar-refractivity contribution in [3.05, 3.63) is 36.0 Å². The second-order valence-corrected chi connectivity index (χ2v) is 7.49. The Kier molecular flexibility index (Phi) is 4.83. The first-order chi connectivity index (χ1) is 11.4. The van der Waals surface area contributed by atoms with Gasteiger partial charge in [-0.15, -0.1) is 0 Å². The lowest BCUT2D eigenvalue weighted by molar-refractivity contribution is 0.222. The van der Waals surface area contributed by atoms with E-state index in [1.54, 1.807) is 36.9 Å². The Bertz CT molecular complexity index is 793. The largest absolute Gasteiger partial charge is 0.489 e. The number of imidazole rings is 1. The number of hydrogen-bond acceptors (Lipinski definition) is 6. The summed E-state index contributed by atoms with van der Waals surface area (Å²) >= 11 is 0. The van der Waals surface area contributed by atoms with E-state index in [1.807, 2.05) is 0 Å². The monoisotopic (exact) mass is 351 g/mol. The lowest BCUT2D eigenvalue weighted by Crippen LogP contribution is -2.24. The number of nitrogens with one attached hydrogen (secondary N) is 2. The van der Waals surface area contributed by atoms with Crippen molar-refractivity contribution >= 4 is 10.0 Å². The Hall–Kier alpha value is -1.97. The maximum absolute atomic E-state index is 12.3. The fourth-order valence-corrected chi connectivity index (χ4v) is 3.48. The molecule has 24 heavy (non-hydrogen) atoms. The van der Waals surface area contributed by atoms with Gasteiger partial charge in [0.25, 0.3) is 10.0 Å². The molecule has 0 bridgehead atoms. The lowest BCUT2D eigenvalue weighted by atomic mass is 10.3. The van der Waals surface area contributed by atoms with E-state index in [9.17, 15) is 8.42 Å². The van der Waals surface area contributed by atoms with Crippen molar-refractivity contribution in [2.75, 3.05) is 13.1 Å². The summed E-state index contributed by atoms with van der Waals surface area (Å²) in [5.41, 5.74) is 0.592. The first kappa shape index (κ1) is 16.9. The molecule has 0 spiro atoms. The van der Waals surface area contributed by atoms with Crippen molar-refractivity contribution in [1.82, 2.24) is 24.6 Å². The first-order valence-corrected chi connectivity index (χ1v) is 9.24. The minimum absolute atomic E-state index is 0.00642. The van der Waals surface area contributed by atoms with E-state index < -0.39 is 10.0 Å². The molecule has 1 fully saturated rings. The third-order valence-corrected chi connectivity index (χ3v) is 5.18. The number of nitrogens with zero attached hydrogens (tertiary/aromatic N) is 3. The normalized spacial score (nSPS) is 18.0. The fourth-order valence-electron chi connectivity index (χ4n) is 2.45. The average Bonchev–Trinajstić information content (AvgIpc) is 3.17. The molecule has 3 rings (SSSR count). The molecule has 0 saturated carbocycles. The van der Waals surface area contributed by atoms with Crippen LogP contribution in [0.5, 0.6) is 5.75 Å². The molecular formula is C15H21N5O3S. The van der Waals surface area contributed by atoms with E-state index in [0.717, 1.165) is 19.5 Å². The van der Waals surface area contributed by atoms with Gasteiger partial charge in [-0.05, 0) is 26.0 Å². The van der Waals surface area contributed by atoms with E-state index in [1.165, 1.54) is 6.20 Å². The van der Waals surface area contributed by atoms with Gasteiger partial charge in [-0.2, -0.15) is 0 Å². The Labute approximate surface area is 141 Å². The standard InChI is InChI=1S/C15H21N5O3S/c1-11-19-15(10-20(11)2)24(21,22)18-8-12-7-13(4-6-17-12)23-14-3-5-16-9-14/h4,6-7,10,14,16,18H,3,5,8-9H2,1-2H3. The summed E-state index contributed by atoms with van der Waals surface area (Å²) in [6.07, 6.45) is 4.21. The number of hydrogen-bond donors (Lipinski definition) is 2. The summed E-state index contributed by atoms with van der Waals surface area (Å²) < 4.78 is 34.6. The highest BCUT2D eigenvalue weighted by atomic mass is 32.2. The van der Waals surface area contributed by atoms with Crippen LogP contribution < -0.4 is 14.8 Å². The zero-order valence-electron chi connectivity index (χ0n) is 13.7. The van der Waals surface area contributed by atoms with Crippen LogP contribution in [0, 0.1) is 6.92 Å². The molecule has 2 aromatic heterocycles. The van der Waals surface area contributed by atoms with Gasteiger partial charge in [0.15, 0.2) is 5.03 Å². The number of rotatable bonds is 6. The molecule has 0 radical (unpaired) electrons. The van der Waals surface area contributed by atoms with E-state index in [2.05, 4.69) is 20.0 Å². The van der Waals surface area contributed by atoms with Crippen LogP contribution in [0.2, 0.25) is 0 Å². The van der Waals surface area contributed by atoms with Crippen LogP contribution in [0.15, 0.2) is 29.6 Å². The molecule has 130 valence electrons. The summed E-state index contributed by atoms with van der Waals surface area (Å²) in [5, 5.41) is 3.24. The van der Waals surface area contributed by atoms with Crippen molar-refractivity contribution in [2.45, 2.75) is 31.0 Å². The van der Waals surface area contributed by atoms with Crippen LogP contribution in [-0.2, 0) is 23.6 Å². The molecule has 1 unspecified atom stereocenters. The van der Waals surface area contributed by atoms with E-state index in [-0.39, 0.29) is 17.7 Å². The minimum atomic E-state index is -3.67. The zero-order valence-corrected chi connectivity index (χ0v) is 14.5. The van der Waals surface area contributed by atoms with Crippen molar-refractivity contribution in [3.8, 4) is 5.75 Å². The molecule has 0 aliphatic carbocycles. The molecular weight excluding hydrogens is 330 g/mol. The van der Waals surface area contributed by atoms with Gasteiger partial charge in [-0.3, -0.25) is 4.98 Å². The van der Waals surface area contributed by atoms with E-state index in [0.29, 0.717) is 17.3 Å². The van der Waals surface area contributed by atoms with Crippen molar-refractivity contribution in [2.24, 2.45) is 7.05 Å². The van der Waals surface area contributed by atoms with Crippen molar-refractivity contribution in [1.29, 1.82) is 0 Å². The smallest absolute Gasteiger partial charge is 0.259 e. The summed E-state index contributed by atoms with van der Waals surface area (Å²) in [6, 6.07) is 3.53. The molecule has 1 atom stereocenters. The van der Waals surface area contributed by atoms with Crippen LogP contribution in [0.3, 0.4) is 0 Å². The Morgan fingerprint density at radius 1 is 1.50 bits per heavy atom. The van der Waals surface area contributed by atoms with Gasteiger partial charge in [0.2, 0.25) is 0 Å². The van der Waals surface area contributed by atoms with Gasteiger partial charge in [0, 0.05) is 32.1 Å². The van der Waals surface area contributed by atoms with Crippen molar-refractivity contribution in [3.63, 3.8) is 0 Å². The molecule has 3 heterocycles. The Balaban J connectivity index is 1.65. The molecule has 0 aromatic carbocycles. The fraction of sp³-hybridized carbons (Fsp3) is 0.467. The molecule has 0 amide bonds. The topological polar surface area (TPSA) is 98.1 Å². The number of ether oxygens (including phenoxy) is 1. The summed E-state index contributed by atoms with van der Waals surface area (Å²) in [7, 11) is -1.92. The highest BCUT2D eigenvalue weighted by Crippen LogP contribution is 2.16. The van der Waals surface area contributed by atoms with E-state index in [4.69, 9.17) is 4.74 Å². The zero-order chi connectivity index (χ0) is 17.2. The highest BCUT2D eigenvalue weighted by Gasteiger charge is 2.19. The van der Waals surface area contributed by atoms with Crippen LogP contribution in [0.4, 0.5) is 0 Å². The Morgan fingerprint density at radius 2 is 2.33 bits per heavy atom. The summed E-state index contributed by atoms with van der Waals surface area (Å²) in [6.45, 7) is 3.60. The summed E-state index contributed by atoms with van der Waals surface area (Å²) in [5.74, 6) is 1.33. The van der Waals surface area contributed by atoms with Gasteiger partial charge in [-0.1, -0.05) is 0 Å². The average molecular weight is 351 g/mol. The van der Waals surface area contributed by atoms with E-state index >= 15 is 0 Å². The molecule has 2 N–H and O–H groups in total. The maximum atomic E-state index is 12.3. The third-order valence-electron chi connectivity index (χ3n) is 3.91. The number of aromatic nitrogens is 3. The van der Waals surface area contributed by atoms with Crippen LogP contribution in [-0.4, -0.2) is 42.1 Å². The quantitative estimate of drug-likeness (QED) is 0.779. The van der Waals surface area contributed by atoms with Crippen LogP contribution >= 0.6 is 0 Å². The molecule has 2 aromatic rings. The Morgan fingerprint density at radius 3 is 3.00 bits per heavy atom. The third kappa shape index (κ3) is 3.92. The minimum Gasteiger partial charge on any atom is -0.489 e. The predicted octanol–water partition coefficient (Wildman–Crippen LogP) is 0.343. The van der Waals surface area contributed by atoms with Gasteiger partial charge in [-0.25, -0.2) is 18.1 Å². The lowest BCUT2D eigenvalue weighted by Gasteiger charge is -2.13. The molecule has 8 nitrogen and oxygen atoms in total. The SMILES string of the molecule is Cc1nc(S(=O)(=O)NCc2cc(OC3CCNC3)ccn2)cn1C. The molecule has 1 aliphatic rings. The second-order valence-electron chi connectivity index (χ2n) is 5.78. The number of pyridine rings is 1. The van der Waals surface area contributed by atoms with Gasteiger partial charge in [0.1, 0.15) is 17.7 Å². The highest BCUT2D eigenvalue weighted by molar-refractivity contribution is 7.89. The second kappa shape index (κ2) is 6.88. The van der Waals surface area contributed by atoms with Crippen LogP contribution in [0.25, 0.3) is 0 Å². The number of aryl methyl sites for hydroxylation is 2.